The molecule has 0 aliphatic carbocycles. The highest BCUT2D eigenvalue weighted by Crippen LogP contribution is 2.26. The Morgan fingerprint density at radius 2 is 1.83 bits per heavy atom. The molecule has 1 amide bonds. The van der Waals surface area contributed by atoms with Crippen LogP contribution in [0.4, 0.5) is 11.4 Å². The third kappa shape index (κ3) is 5.95. The predicted octanol–water partition coefficient (Wildman–Crippen LogP) is 3.70. The molecule has 0 heterocycles. The molecule has 156 valence electrons. The summed E-state index contributed by atoms with van der Waals surface area (Å²) in [6.45, 7) is 3.64. The standard InChI is InChI=1S/C20H23ClN2O5S/c1-4-18(23(29(3,26)27)17-11-7-9-15(21)13-17)19(24)22-16-10-6-8-14(12-16)20(25)28-5-2/h6-13,18H,4-5H2,1-3H3,(H,22,24)/t18-/m1/s1. The Hall–Kier alpha value is -2.58. The van der Waals surface area contributed by atoms with Gasteiger partial charge in [0.25, 0.3) is 0 Å². The molecule has 0 aliphatic heterocycles. The van der Waals surface area contributed by atoms with Crippen LogP contribution in [-0.2, 0) is 19.6 Å². The fourth-order valence-corrected chi connectivity index (χ4v) is 4.23. The van der Waals surface area contributed by atoms with Crippen LogP contribution >= 0.6 is 11.6 Å². The van der Waals surface area contributed by atoms with Gasteiger partial charge in [-0.3, -0.25) is 9.10 Å². The van der Waals surface area contributed by atoms with Gasteiger partial charge in [-0.05, 0) is 49.7 Å². The first kappa shape index (κ1) is 22.7. The topological polar surface area (TPSA) is 92.8 Å². The lowest BCUT2D eigenvalue weighted by Gasteiger charge is -2.30. The van der Waals surface area contributed by atoms with Crippen molar-refractivity contribution in [2.45, 2.75) is 26.3 Å². The first-order chi connectivity index (χ1) is 13.7. The summed E-state index contributed by atoms with van der Waals surface area (Å²) in [6.07, 6.45) is 1.26. The van der Waals surface area contributed by atoms with Gasteiger partial charge < -0.3 is 10.1 Å². The molecule has 1 atom stereocenters. The van der Waals surface area contributed by atoms with Crippen molar-refractivity contribution in [3.8, 4) is 0 Å². The Morgan fingerprint density at radius 1 is 1.14 bits per heavy atom. The van der Waals surface area contributed by atoms with Gasteiger partial charge in [-0.25, -0.2) is 13.2 Å². The smallest absolute Gasteiger partial charge is 0.338 e. The minimum atomic E-state index is -3.77. The molecule has 29 heavy (non-hydrogen) atoms. The van der Waals surface area contributed by atoms with E-state index in [2.05, 4.69) is 5.32 Å². The van der Waals surface area contributed by atoms with E-state index in [0.717, 1.165) is 10.6 Å². The Balaban J connectivity index is 2.33. The van der Waals surface area contributed by atoms with Crippen LogP contribution in [0, 0.1) is 0 Å². The van der Waals surface area contributed by atoms with Crippen LogP contribution < -0.4 is 9.62 Å². The van der Waals surface area contributed by atoms with Gasteiger partial charge in [0.2, 0.25) is 15.9 Å². The third-order valence-corrected chi connectivity index (χ3v) is 5.45. The second-order valence-corrected chi connectivity index (χ2v) is 8.55. The molecule has 0 aliphatic rings. The second-order valence-electron chi connectivity index (χ2n) is 6.25. The van der Waals surface area contributed by atoms with Gasteiger partial charge in [0.05, 0.1) is 24.1 Å². The zero-order valence-corrected chi connectivity index (χ0v) is 18.0. The van der Waals surface area contributed by atoms with E-state index in [-0.39, 0.29) is 18.6 Å². The number of nitrogens with zero attached hydrogens (tertiary/aromatic N) is 1. The average molecular weight is 439 g/mol. The SMILES string of the molecule is CCOC(=O)c1cccc(NC(=O)[C@@H](CC)N(c2cccc(Cl)c2)S(C)(=O)=O)c1. The number of benzene rings is 2. The van der Waals surface area contributed by atoms with Crippen LogP contribution in [0.15, 0.2) is 48.5 Å². The van der Waals surface area contributed by atoms with E-state index in [1.165, 1.54) is 12.1 Å². The normalized spacial score (nSPS) is 12.1. The molecule has 0 aromatic heterocycles. The summed E-state index contributed by atoms with van der Waals surface area (Å²) >= 11 is 6.00. The first-order valence-corrected chi connectivity index (χ1v) is 11.2. The van der Waals surface area contributed by atoms with E-state index in [1.54, 1.807) is 50.2 Å². The fraction of sp³-hybridized carbons (Fsp3) is 0.300. The molecule has 0 fully saturated rings. The van der Waals surface area contributed by atoms with Crippen molar-refractivity contribution in [3.63, 3.8) is 0 Å². The van der Waals surface area contributed by atoms with Gasteiger partial charge in [-0.15, -0.1) is 0 Å². The average Bonchev–Trinajstić information content (AvgIpc) is 2.65. The summed E-state index contributed by atoms with van der Waals surface area (Å²) in [5.41, 5.74) is 0.938. The summed E-state index contributed by atoms with van der Waals surface area (Å²) in [5, 5.41) is 3.04. The van der Waals surface area contributed by atoms with E-state index in [0.29, 0.717) is 16.4 Å². The lowest BCUT2D eigenvalue weighted by molar-refractivity contribution is -0.117. The highest BCUT2D eigenvalue weighted by molar-refractivity contribution is 7.92. The maximum Gasteiger partial charge on any atom is 0.338 e. The molecule has 0 bridgehead atoms. The molecule has 9 heteroatoms. The monoisotopic (exact) mass is 438 g/mol. The Morgan fingerprint density at radius 3 is 2.41 bits per heavy atom. The van der Waals surface area contributed by atoms with Gasteiger partial charge in [-0.1, -0.05) is 30.7 Å². The number of halogens is 1. The largest absolute Gasteiger partial charge is 0.462 e. The van der Waals surface area contributed by atoms with Crippen molar-refractivity contribution in [1.29, 1.82) is 0 Å². The molecule has 2 aromatic rings. The second kappa shape index (κ2) is 9.76. The van der Waals surface area contributed by atoms with Crippen LogP contribution in [0.25, 0.3) is 0 Å². The van der Waals surface area contributed by atoms with E-state index in [1.807, 2.05) is 0 Å². The van der Waals surface area contributed by atoms with E-state index < -0.39 is 27.9 Å². The van der Waals surface area contributed by atoms with Crippen LogP contribution in [0.5, 0.6) is 0 Å². The van der Waals surface area contributed by atoms with Gasteiger partial charge in [0.15, 0.2) is 0 Å². The summed E-state index contributed by atoms with van der Waals surface area (Å²) in [4.78, 5) is 24.8. The van der Waals surface area contributed by atoms with Crippen molar-refractivity contribution in [2.75, 3.05) is 22.5 Å². The van der Waals surface area contributed by atoms with Crippen molar-refractivity contribution >= 4 is 44.9 Å². The molecule has 0 unspecified atom stereocenters. The lowest BCUT2D eigenvalue weighted by Crippen LogP contribution is -2.47. The van der Waals surface area contributed by atoms with Crippen molar-refractivity contribution in [2.24, 2.45) is 0 Å². The maximum atomic E-state index is 12.9. The van der Waals surface area contributed by atoms with Crippen LogP contribution in [0.3, 0.4) is 0 Å². The third-order valence-electron chi connectivity index (χ3n) is 4.03. The number of carbonyl (C=O) groups is 2. The Labute approximate surface area is 175 Å². The maximum absolute atomic E-state index is 12.9. The minimum Gasteiger partial charge on any atom is -0.462 e. The highest BCUT2D eigenvalue weighted by atomic mass is 35.5. The number of esters is 1. The van der Waals surface area contributed by atoms with E-state index >= 15 is 0 Å². The summed E-state index contributed by atoms with van der Waals surface area (Å²) in [7, 11) is -3.77. The lowest BCUT2D eigenvalue weighted by atomic mass is 10.1. The molecule has 0 saturated heterocycles. The number of hydrogen-bond donors (Lipinski definition) is 1. The molecular formula is C20H23ClN2O5S. The van der Waals surface area contributed by atoms with Crippen molar-refractivity contribution < 1.29 is 22.7 Å². The molecule has 2 rings (SSSR count). The number of rotatable bonds is 8. The number of ether oxygens (including phenoxy) is 1. The molecule has 7 nitrogen and oxygen atoms in total. The molecule has 0 saturated carbocycles. The van der Waals surface area contributed by atoms with Gasteiger partial charge in [0.1, 0.15) is 6.04 Å². The minimum absolute atomic E-state index is 0.225. The molecule has 0 spiro atoms. The van der Waals surface area contributed by atoms with Crippen molar-refractivity contribution in [1.82, 2.24) is 0 Å². The first-order valence-electron chi connectivity index (χ1n) is 9.00. The number of carbonyl (C=O) groups excluding carboxylic acids is 2. The predicted molar refractivity (Wildman–Crippen MR) is 114 cm³/mol. The zero-order valence-electron chi connectivity index (χ0n) is 16.4. The summed E-state index contributed by atoms with van der Waals surface area (Å²) in [5.74, 6) is -1.04. The number of nitrogens with one attached hydrogen (secondary N) is 1. The van der Waals surface area contributed by atoms with Crippen LogP contribution in [0.2, 0.25) is 5.02 Å². The summed E-state index contributed by atoms with van der Waals surface area (Å²) in [6, 6.07) is 11.5. The van der Waals surface area contributed by atoms with Gasteiger partial charge in [-0.2, -0.15) is 0 Å². The number of sulfonamides is 1. The quantitative estimate of drug-likeness (QED) is 0.634. The van der Waals surface area contributed by atoms with Gasteiger partial charge in [0, 0.05) is 10.7 Å². The number of anilines is 2. The van der Waals surface area contributed by atoms with Crippen LogP contribution in [0.1, 0.15) is 30.6 Å². The molecule has 0 radical (unpaired) electrons. The number of amides is 1. The zero-order chi connectivity index (χ0) is 21.6. The molecule has 1 N–H and O–H groups in total. The Kier molecular flexibility index (Phi) is 7.64. The van der Waals surface area contributed by atoms with Crippen molar-refractivity contribution in [3.05, 3.63) is 59.1 Å². The van der Waals surface area contributed by atoms with E-state index in [9.17, 15) is 18.0 Å². The summed E-state index contributed by atoms with van der Waals surface area (Å²) < 4.78 is 30.9. The fourth-order valence-electron chi connectivity index (χ4n) is 2.84. The van der Waals surface area contributed by atoms with Gasteiger partial charge >= 0.3 is 5.97 Å². The van der Waals surface area contributed by atoms with E-state index in [4.69, 9.17) is 16.3 Å². The highest BCUT2D eigenvalue weighted by Gasteiger charge is 2.31. The molecule has 2 aromatic carbocycles. The van der Waals surface area contributed by atoms with Crippen LogP contribution in [-0.4, -0.2) is 39.2 Å². The molecular weight excluding hydrogens is 416 g/mol. The number of hydrogen-bond acceptors (Lipinski definition) is 5. The Bertz CT molecular complexity index is 994.